The van der Waals surface area contributed by atoms with Gasteiger partial charge in [-0.15, -0.1) is 0 Å². The summed E-state index contributed by atoms with van der Waals surface area (Å²) < 4.78 is 18.0. The number of allylic oxidation sites excluding steroid dienone is 1. The molecule has 0 saturated carbocycles. The van der Waals surface area contributed by atoms with Crippen molar-refractivity contribution in [3.8, 4) is 0 Å². The molecule has 0 saturated heterocycles. The zero-order valence-electron chi connectivity index (χ0n) is 7.31. The first kappa shape index (κ1) is 14.1. The van der Waals surface area contributed by atoms with Crippen molar-refractivity contribution >= 4 is 14.1 Å². The van der Waals surface area contributed by atoms with Gasteiger partial charge in [-0.05, 0) is 12.5 Å². The van der Waals surface area contributed by atoms with Gasteiger partial charge >= 0.3 is 7.82 Å². The van der Waals surface area contributed by atoms with E-state index in [0.29, 0.717) is 5.57 Å². The molecule has 0 bridgehead atoms. The van der Waals surface area contributed by atoms with Gasteiger partial charge in [0.15, 0.2) is 0 Å². The summed E-state index contributed by atoms with van der Waals surface area (Å²) in [6, 6.07) is 0. The highest BCUT2D eigenvalue weighted by Gasteiger charge is 2.13. The molecule has 0 aliphatic rings. The molecule has 0 aliphatic carbocycles. The molecule has 0 fully saturated rings. The Morgan fingerprint density at radius 1 is 1.50 bits per heavy atom. The molecule has 1 N–H and O–H groups in total. The highest BCUT2D eigenvalue weighted by atomic mass is 31.2. The van der Waals surface area contributed by atoms with Crippen LogP contribution >= 0.6 is 7.82 Å². The number of carbonyl (C=O) groups excluding carboxylic acids is 1. The maximum Gasteiger partial charge on any atom is 0.471 e. The highest BCUT2D eigenvalue weighted by Crippen LogP contribution is 2.40. The zero-order chi connectivity index (χ0) is 10.2. The predicted molar refractivity (Wildman–Crippen MR) is 44.7 cm³/mol. The molecule has 0 radical (unpaired) electrons. The summed E-state index contributed by atoms with van der Waals surface area (Å²) in [5, 5.41) is 0. The largest absolute Gasteiger partial charge is 0.471 e. The van der Waals surface area contributed by atoms with Crippen LogP contribution in [0.15, 0.2) is 12.2 Å². The van der Waals surface area contributed by atoms with Crippen LogP contribution in [0.25, 0.3) is 0 Å². The summed E-state index contributed by atoms with van der Waals surface area (Å²) in [6.45, 7) is 4.97. The number of rotatable bonds is 3. The van der Waals surface area contributed by atoms with Crippen molar-refractivity contribution in [1.29, 1.82) is 0 Å². The van der Waals surface area contributed by atoms with Gasteiger partial charge in [0, 0.05) is 14.2 Å². The number of hydrogen-bond donors (Lipinski definition) is 1. The van der Waals surface area contributed by atoms with Gasteiger partial charge in [-0.25, -0.2) is 4.57 Å². The lowest BCUT2D eigenvalue weighted by Crippen LogP contribution is -1.83. The van der Waals surface area contributed by atoms with Crippen LogP contribution in [0.3, 0.4) is 0 Å². The summed E-state index contributed by atoms with van der Waals surface area (Å²) in [5.74, 6) is 0. The van der Waals surface area contributed by atoms with E-state index in [1.807, 2.05) is 0 Å². The van der Waals surface area contributed by atoms with Crippen LogP contribution in [0.1, 0.15) is 6.92 Å². The van der Waals surface area contributed by atoms with Gasteiger partial charge in [0.1, 0.15) is 6.29 Å². The predicted octanol–water partition coefficient (Wildman–Crippen LogP) is 1.14. The molecular weight excluding hydrogens is 183 g/mol. The lowest BCUT2D eigenvalue weighted by molar-refractivity contribution is -0.104. The van der Waals surface area contributed by atoms with Crippen molar-refractivity contribution < 1.29 is 23.3 Å². The van der Waals surface area contributed by atoms with E-state index < -0.39 is 7.82 Å². The van der Waals surface area contributed by atoms with Crippen molar-refractivity contribution in [3.05, 3.63) is 12.2 Å². The minimum absolute atomic E-state index is 0.574. The van der Waals surface area contributed by atoms with Crippen molar-refractivity contribution in [3.63, 3.8) is 0 Å². The van der Waals surface area contributed by atoms with Crippen molar-refractivity contribution in [2.75, 3.05) is 14.2 Å². The number of phosphoric ester groups is 1. The van der Waals surface area contributed by atoms with E-state index in [4.69, 9.17) is 4.89 Å². The maximum absolute atomic E-state index is 10.1. The molecule has 5 nitrogen and oxygen atoms in total. The van der Waals surface area contributed by atoms with E-state index in [-0.39, 0.29) is 0 Å². The standard InChI is InChI=1S/C4H6O.C2H7O4P/c1-4(2)3-5;1-5-7(3,4)6-2/h3H,1H2,2H3;1-2H3,(H,3,4). The molecule has 12 heavy (non-hydrogen) atoms. The third-order valence-corrected chi connectivity index (χ3v) is 1.59. The van der Waals surface area contributed by atoms with Crippen molar-refractivity contribution in [1.82, 2.24) is 0 Å². The molecule has 0 unspecified atom stereocenters. The van der Waals surface area contributed by atoms with Crippen LogP contribution < -0.4 is 0 Å². The fraction of sp³-hybridized carbons (Fsp3) is 0.500. The van der Waals surface area contributed by atoms with Gasteiger partial charge in [0.05, 0.1) is 0 Å². The Bertz CT molecular complexity index is 180. The first-order valence-electron chi connectivity index (χ1n) is 2.94. The van der Waals surface area contributed by atoms with Crippen molar-refractivity contribution in [2.24, 2.45) is 0 Å². The second-order valence-corrected chi connectivity index (χ2v) is 3.47. The quantitative estimate of drug-likeness (QED) is 0.416. The Hall–Kier alpha value is -0.480. The number of carbonyl (C=O) groups is 1. The zero-order valence-corrected chi connectivity index (χ0v) is 8.21. The topological polar surface area (TPSA) is 72.8 Å². The number of hydrogen-bond acceptors (Lipinski definition) is 4. The summed E-state index contributed by atoms with van der Waals surface area (Å²) in [4.78, 5) is 17.6. The molecule has 72 valence electrons. The summed E-state index contributed by atoms with van der Waals surface area (Å²) in [7, 11) is -1.45. The smallest absolute Gasteiger partial charge is 0.303 e. The van der Waals surface area contributed by atoms with Crippen molar-refractivity contribution in [2.45, 2.75) is 6.92 Å². The molecule has 0 aromatic rings. The monoisotopic (exact) mass is 196 g/mol. The van der Waals surface area contributed by atoms with Gasteiger partial charge in [0.25, 0.3) is 0 Å². The normalized spacial score (nSPS) is 9.67. The average Bonchev–Trinajstić information content (AvgIpc) is 2.05. The Morgan fingerprint density at radius 2 is 1.75 bits per heavy atom. The lowest BCUT2D eigenvalue weighted by Gasteiger charge is -2.01. The summed E-state index contributed by atoms with van der Waals surface area (Å²) >= 11 is 0. The van der Waals surface area contributed by atoms with Crippen LogP contribution in [0.5, 0.6) is 0 Å². The van der Waals surface area contributed by atoms with Crippen LogP contribution in [-0.4, -0.2) is 25.4 Å². The minimum Gasteiger partial charge on any atom is -0.303 e. The minimum atomic E-state index is -3.65. The van der Waals surface area contributed by atoms with Crippen LogP contribution in [0.2, 0.25) is 0 Å². The Morgan fingerprint density at radius 3 is 1.75 bits per heavy atom. The highest BCUT2D eigenvalue weighted by molar-refractivity contribution is 7.47. The Kier molecular flexibility index (Phi) is 8.42. The van der Waals surface area contributed by atoms with E-state index in [0.717, 1.165) is 20.5 Å². The Balaban J connectivity index is 0. The second-order valence-electron chi connectivity index (χ2n) is 1.80. The molecule has 0 rings (SSSR count). The maximum atomic E-state index is 10.1. The fourth-order valence-electron chi connectivity index (χ4n) is 0.0745. The average molecular weight is 196 g/mol. The third kappa shape index (κ3) is 12.2. The fourth-order valence-corrected chi connectivity index (χ4v) is 0.224. The number of phosphoric acid groups is 1. The molecule has 6 heteroatoms. The molecule has 0 spiro atoms. The second kappa shape index (κ2) is 7.18. The molecular formula is C6H13O5P. The first-order valence-corrected chi connectivity index (χ1v) is 4.44. The first-order chi connectivity index (χ1) is 5.39. The van der Waals surface area contributed by atoms with Gasteiger partial charge in [-0.1, -0.05) is 6.58 Å². The van der Waals surface area contributed by atoms with E-state index in [9.17, 15) is 9.36 Å². The SMILES string of the molecule is C=C(C)C=O.COP(=O)(O)OC. The van der Waals surface area contributed by atoms with E-state index in [2.05, 4.69) is 15.6 Å². The lowest BCUT2D eigenvalue weighted by atomic mass is 10.4. The molecule has 0 aliphatic heterocycles. The van der Waals surface area contributed by atoms with Gasteiger partial charge in [-0.2, -0.15) is 0 Å². The van der Waals surface area contributed by atoms with Gasteiger partial charge in [0.2, 0.25) is 0 Å². The van der Waals surface area contributed by atoms with Gasteiger partial charge < -0.3 is 4.89 Å². The van der Waals surface area contributed by atoms with Crippen LogP contribution in [0, 0.1) is 0 Å². The molecule has 0 atom stereocenters. The molecule has 0 aromatic carbocycles. The number of aldehydes is 1. The molecule has 0 aromatic heterocycles. The molecule has 0 heterocycles. The van der Waals surface area contributed by atoms with Crippen LogP contribution in [-0.2, 0) is 18.4 Å². The third-order valence-electron chi connectivity index (χ3n) is 0.663. The van der Waals surface area contributed by atoms with Crippen LogP contribution in [0.4, 0.5) is 0 Å². The summed E-state index contributed by atoms with van der Waals surface area (Å²) in [6.07, 6.45) is 0.722. The van der Waals surface area contributed by atoms with E-state index >= 15 is 0 Å². The summed E-state index contributed by atoms with van der Waals surface area (Å²) in [5.41, 5.74) is 0.574. The Labute approximate surface area is 71.6 Å². The van der Waals surface area contributed by atoms with E-state index in [1.165, 1.54) is 0 Å². The van der Waals surface area contributed by atoms with Gasteiger partial charge in [-0.3, -0.25) is 13.8 Å². The molecule has 0 amide bonds. The van der Waals surface area contributed by atoms with E-state index in [1.54, 1.807) is 6.92 Å².